The van der Waals surface area contributed by atoms with E-state index >= 15 is 0 Å². The van der Waals surface area contributed by atoms with Crippen LogP contribution in [0.4, 0.5) is 0 Å². The molecule has 0 aliphatic heterocycles. The monoisotopic (exact) mass is 143 g/mol. The van der Waals surface area contributed by atoms with E-state index in [1.807, 2.05) is 18.2 Å². The molecule has 0 aromatic heterocycles. The molecule has 1 aromatic carbocycles. The quantitative estimate of drug-likeness (QED) is 0.541. The first kappa shape index (κ1) is 6.35. The molecular formula is C10H7O. The summed E-state index contributed by atoms with van der Waals surface area (Å²) in [6.45, 7) is 0. The Morgan fingerprint density at radius 1 is 1.45 bits per heavy atom. The van der Waals surface area contributed by atoms with E-state index in [-0.39, 0.29) is 5.78 Å². The number of carbonyl (C=O) groups excluding carboxylic acids is 1. The van der Waals surface area contributed by atoms with Gasteiger partial charge < -0.3 is 0 Å². The molecule has 0 atom stereocenters. The maximum Gasteiger partial charge on any atom is 0.185 e. The van der Waals surface area contributed by atoms with Crippen molar-refractivity contribution in [3.63, 3.8) is 0 Å². The molecule has 53 valence electrons. The molecule has 0 amide bonds. The van der Waals surface area contributed by atoms with Crippen LogP contribution in [0.5, 0.6) is 0 Å². The van der Waals surface area contributed by atoms with Crippen LogP contribution in [0.3, 0.4) is 0 Å². The number of benzene rings is 1. The van der Waals surface area contributed by atoms with Gasteiger partial charge in [0, 0.05) is 5.56 Å². The molecular weight excluding hydrogens is 136 g/mol. The van der Waals surface area contributed by atoms with Crippen molar-refractivity contribution in [2.75, 3.05) is 0 Å². The zero-order valence-electron chi connectivity index (χ0n) is 6.00. The SMILES string of the molecule is O=C1C=CCc2cc[c]cc21. The Labute approximate surface area is 65.4 Å². The highest BCUT2D eigenvalue weighted by Gasteiger charge is 2.10. The molecule has 1 aromatic rings. The maximum atomic E-state index is 11.2. The smallest absolute Gasteiger partial charge is 0.185 e. The van der Waals surface area contributed by atoms with E-state index in [1.54, 1.807) is 12.1 Å². The van der Waals surface area contributed by atoms with Crippen LogP contribution < -0.4 is 0 Å². The Balaban J connectivity index is 2.59. The summed E-state index contributed by atoms with van der Waals surface area (Å²) < 4.78 is 0. The lowest BCUT2D eigenvalue weighted by Crippen LogP contribution is -2.04. The van der Waals surface area contributed by atoms with E-state index in [9.17, 15) is 4.79 Å². The Bertz CT molecular complexity index is 323. The third kappa shape index (κ3) is 0.984. The molecule has 1 radical (unpaired) electrons. The summed E-state index contributed by atoms with van der Waals surface area (Å²) in [5.74, 6) is 0.100. The van der Waals surface area contributed by atoms with Gasteiger partial charge in [0.1, 0.15) is 0 Å². The number of rotatable bonds is 0. The van der Waals surface area contributed by atoms with Crippen molar-refractivity contribution in [1.82, 2.24) is 0 Å². The zero-order valence-corrected chi connectivity index (χ0v) is 6.00. The minimum atomic E-state index is 0.100. The molecule has 1 aliphatic rings. The van der Waals surface area contributed by atoms with Gasteiger partial charge in [-0.15, -0.1) is 0 Å². The standard InChI is InChI=1S/C10H7O/c11-10-7-3-5-8-4-1-2-6-9(8)10/h1,3-4,6-7H,5H2. The summed E-state index contributed by atoms with van der Waals surface area (Å²) in [6, 6.07) is 8.43. The lowest BCUT2D eigenvalue weighted by molar-refractivity contribution is 0.104. The van der Waals surface area contributed by atoms with Crippen LogP contribution in [0.2, 0.25) is 0 Å². The van der Waals surface area contributed by atoms with Crippen LogP contribution in [0.1, 0.15) is 15.9 Å². The van der Waals surface area contributed by atoms with Crippen molar-refractivity contribution >= 4 is 5.78 Å². The normalized spacial score (nSPS) is 14.7. The van der Waals surface area contributed by atoms with Crippen LogP contribution in [0.15, 0.2) is 30.4 Å². The molecule has 1 nitrogen and oxygen atoms in total. The second kappa shape index (κ2) is 2.35. The van der Waals surface area contributed by atoms with Gasteiger partial charge in [-0.05, 0) is 30.2 Å². The fourth-order valence-electron chi connectivity index (χ4n) is 1.25. The predicted octanol–water partition coefficient (Wildman–Crippen LogP) is 1.78. The number of hydrogen-bond acceptors (Lipinski definition) is 1. The molecule has 0 N–H and O–H groups in total. The van der Waals surface area contributed by atoms with E-state index in [0.717, 1.165) is 17.5 Å². The fourth-order valence-corrected chi connectivity index (χ4v) is 1.25. The minimum Gasteiger partial charge on any atom is -0.289 e. The van der Waals surface area contributed by atoms with Crippen molar-refractivity contribution in [2.24, 2.45) is 0 Å². The average Bonchev–Trinajstić information content (AvgIpc) is 2.06. The number of carbonyl (C=O) groups is 1. The molecule has 1 aliphatic carbocycles. The molecule has 0 unspecified atom stereocenters. The Morgan fingerprint density at radius 3 is 3.18 bits per heavy atom. The van der Waals surface area contributed by atoms with Crippen molar-refractivity contribution in [3.8, 4) is 0 Å². The molecule has 1 heteroatoms. The van der Waals surface area contributed by atoms with Crippen LogP contribution in [0.25, 0.3) is 0 Å². The molecule has 2 rings (SSSR count). The molecule has 0 saturated heterocycles. The Morgan fingerprint density at radius 2 is 2.36 bits per heavy atom. The van der Waals surface area contributed by atoms with Gasteiger partial charge in [0.2, 0.25) is 0 Å². The van der Waals surface area contributed by atoms with Gasteiger partial charge >= 0.3 is 0 Å². The van der Waals surface area contributed by atoms with E-state index in [0.29, 0.717) is 0 Å². The third-order valence-corrected chi connectivity index (χ3v) is 1.83. The van der Waals surface area contributed by atoms with Crippen LogP contribution in [-0.4, -0.2) is 5.78 Å². The summed E-state index contributed by atoms with van der Waals surface area (Å²) in [4.78, 5) is 11.2. The highest BCUT2D eigenvalue weighted by molar-refractivity contribution is 6.06. The second-order valence-corrected chi connectivity index (χ2v) is 2.55. The summed E-state index contributed by atoms with van der Waals surface area (Å²) in [7, 11) is 0. The van der Waals surface area contributed by atoms with Gasteiger partial charge in [-0.2, -0.15) is 0 Å². The first-order chi connectivity index (χ1) is 5.38. The fraction of sp³-hybridized carbons (Fsp3) is 0.100. The Hall–Kier alpha value is -1.37. The lowest BCUT2D eigenvalue weighted by Gasteiger charge is -2.07. The summed E-state index contributed by atoms with van der Waals surface area (Å²) in [5.41, 5.74) is 1.91. The molecule has 0 spiro atoms. The van der Waals surface area contributed by atoms with Gasteiger partial charge in [-0.25, -0.2) is 0 Å². The van der Waals surface area contributed by atoms with Gasteiger partial charge in [0.15, 0.2) is 5.78 Å². The van der Waals surface area contributed by atoms with Crippen LogP contribution >= 0.6 is 0 Å². The van der Waals surface area contributed by atoms with Gasteiger partial charge in [0.25, 0.3) is 0 Å². The van der Waals surface area contributed by atoms with Crippen molar-refractivity contribution < 1.29 is 4.79 Å². The molecule has 0 saturated carbocycles. The largest absolute Gasteiger partial charge is 0.289 e. The van der Waals surface area contributed by atoms with Gasteiger partial charge in [-0.3, -0.25) is 4.79 Å². The first-order valence-corrected chi connectivity index (χ1v) is 3.58. The molecule has 0 bridgehead atoms. The predicted molar refractivity (Wildman–Crippen MR) is 42.5 cm³/mol. The summed E-state index contributed by atoms with van der Waals surface area (Å²) >= 11 is 0. The zero-order chi connectivity index (χ0) is 7.68. The van der Waals surface area contributed by atoms with Crippen molar-refractivity contribution in [2.45, 2.75) is 6.42 Å². The van der Waals surface area contributed by atoms with Crippen LogP contribution in [-0.2, 0) is 6.42 Å². The van der Waals surface area contributed by atoms with E-state index in [2.05, 4.69) is 6.07 Å². The minimum absolute atomic E-state index is 0.100. The second-order valence-electron chi connectivity index (χ2n) is 2.55. The lowest BCUT2D eigenvalue weighted by atomic mass is 9.96. The average molecular weight is 143 g/mol. The third-order valence-electron chi connectivity index (χ3n) is 1.83. The first-order valence-electron chi connectivity index (χ1n) is 3.58. The highest BCUT2D eigenvalue weighted by atomic mass is 16.1. The topological polar surface area (TPSA) is 17.1 Å². The van der Waals surface area contributed by atoms with Crippen LogP contribution in [0, 0.1) is 6.07 Å². The number of fused-ring (bicyclic) bond motifs is 1. The maximum absolute atomic E-state index is 11.2. The molecule has 0 fully saturated rings. The molecule has 11 heavy (non-hydrogen) atoms. The number of allylic oxidation sites excluding steroid dienone is 2. The number of hydrogen-bond donors (Lipinski definition) is 0. The summed E-state index contributed by atoms with van der Waals surface area (Å²) in [6.07, 6.45) is 4.39. The van der Waals surface area contributed by atoms with Gasteiger partial charge in [-0.1, -0.05) is 18.2 Å². The van der Waals surface area contributed by atoms with Crippen molar-refractivity contribution in [3.05, 3.63) is 47.5 Å². The Kier molecular flexibility index (Phi) is 1.35. The molecule has 0 heterocycles. The van der Waals surface area contributed by atoms with Crippen molar-refractivity contribution in [1.29, 1.82) is 0 Å². The number of ketones is 1. The summed E-state index contributed by atoms with van der Waals surface area (Å²) in [5, 5.41) is 0. The highest BCUT2D eigenvalue weighted by Crippen LogP contribution is 2.14. The van der Waals surface area contributed by atoms with E-state index in [1.165, 1.54) is 0 Å². The van der Waals surface area contributed by atoms with E-state index < -0.39 is 0 Å². The van der Waals surface area contributed by atoms with Gasteiger partial charge in [0.05, 0.1) is 0 Å². The van der Waals surface area contributed by atoms with E-state index in [4.69, 9.17) is 0 Å².